The molecule has 0 radical (unpaired) electrons. The molecule has 21 heavy (non-hydrogen) atoms. The lowest BCUT2D eigenvalue weighted by Gasteiger charge is -2.16. The van der Waals surface area contributed by atoms with Crippen LogP contribution < -0.4 is 5.73 Å². The van der Waals surface area contributed by atoms with Gasteiger partial charge in [0.15, 0.2) is 0 Å². The van der Waals surface area contributed by atoms with E-state index < -0.39 is 10.0 Å². The van der Waals surface area contributed by atoms with Gasteiger partial charge in [0.1, 0.15) is 10.7 Å². The molecule has 0 amide bonds. The molecule has 6 nitrogen and oxygen atoms in total. The molecule has 0 saturated carbocycles. The summed E-state index contributed by atoms with van der Waals surface area (Å²) in [6.45, 7) is 2.06. The third-order valence-corrected chi connectivity index (χ3v) is 5.13. The van der Waals surface area contributed by atoms with Crippen LogP contribution in [0.1, 0.15) is 19.2 Å². The number of nitrogens with zero attached hydrogens (tertiary/aromatic N) is 3. The van der Waals surface area contributed by atoms with E-state index in [0.29, 0.717) is 5.69 Å². The maximum Gasteiger partial charge on any atom is 0.244 e. The molecule has 0 aliphatic rings. The molecule has 0 atom stereocenters. The second-order valence-corrected chi connectivity index (χ2v) is 7.06. The van der Waals surface area contributed by atoms with Gasteiger partial charge in [-0.2, -0.15) is 0 Å². The summed E-state index contributed by atoms with van der Waals surface area (Å²) in [5.74, 6) is 0.864. The lowest BCUT2D eigenvalue weighted by molar-refractivity contribution is 0.521. The summed E-state index contributed by atoms with van der Waals surface area (Å²) in [6, 6.07) is 5.01. The Labute approximate surface area is 125 Å². The van der Waals surface area contributed by atoms with Crippen LogP contribution in [0.2, 0.25) is 0 Å². The fraction of sp³-hybridized carbons (Fsp3) is 0.357. The van der Waals surface area contributed by atoms with Gasteiger partial charge in [0.05, 0.1) is 11.4 Å². The lowest BCUT2D eigenvalue weighted by Crippen LogP contribution is -2.23. The van der Waals surface area contributed by atoms with Gasteiger partial charge in [-0.1, -0.05) is 13.0 Å². The van der Waals surface area contributed by atoms with E-state index in [4.69, 9.17) is 5.73 Å². The summed E-state index contributed by atoms with van der Waals surface area (Å²) in [5.41, 5.74) is 6.98. The SMILES string of the molecule is CCCc1nccn1-c1cccc(S(=O)(=O)N(C)C)c1N. The summed E-state index contributed by atoms with van der Waals surface area (Å²) in [6.07, 6.45) is 5.24. The number of rotatable bonds is 5. The molecule has 0 bridgehead atoms. The van der Waals surface area contributed by atoms with Gasteiger partial charge in [0, 0.05) is 32.9 Å². The Morgan fingerprint density at radius 2 is 2.05 bits per heavy atom. The number of nitrogen functional groups attached to an aromatic ring is 1. The monoisotopic (exact) mass is 308 g/mol. The van der Waals surface area contributed by atoms with Crippen molar-refractivity contribution in [2.45, 2.75) is 24.7 Å². The van der Waals surface area contributed by atoms with E-state index in [1.807, 2.05) is 4.57 Å². The Kier molecular flexibility index (Phi) is 4.34. The Bertz CT molecular complexity index is 735. The van der Waals surface area contributed by atoms with Gasteiger partial charge in [0.25, 0.3) is 0 Å². The number of para-hydroxylation sites is 1. The molecule has 0 unspecified atom stereocenters. The zero-order valence-corrected chi connectivity index (χ0v) is 13.3. The Morgan fingerprint density at radius 3 is 2.67 bits per heavy atom. The van der Waals surface area contributed by atoms with Gasteiger partial charge in [0.2, 0.25) is 10.0 Å². The molecule has 1 aromatic heterocycles. The number of sulfonamides is 1. The van der Waals surface area contributed by atoms with Crippen LogP contribution in [0.15, 0.2) is 35.5 Å². The van der Waals surface area contributed by atoms with Crippen molar-refractivity contribution in [3.8, 4) is 5.69 Å². The van der Waals surface area contributed by atoms with Crippen molar-refractivity contribution in [1.29, 1.82) is 0 Å². The molecule has 0 aliphatic carbocycles. The summed E-state index contributed by atoms with van der Waals surface area (Å²) in [4.78, 5) is 4.41. The standard InChI is InChI=1S/C14H20N4O2S/c1-4-6-13-16-9-10-18(13)11-7-5-8-12(14(11)15)21(19,20)17(2)3/h5,7-10H,4,6,15H2,1-3H3. The highest BCUT2D eigenvalue weighted by Gasteiger charge is 2.22. The molecule has 0 fully saturated rings. The minimum Gasteiger partial charge on any atom is -0.396 e. The van der Waals surface area contributed by atoms with Crippen LogP contribution in [0.4, 0.5) is 5.69 Å². The Hall–Kier alpha value is -1.86. The summed E-state index contributed by atoms with van der Waals surface area (Å²) in [7, 11) is -0.597. The average Bonchev–Trinajstić information content (AvgIpc) is 2.87. The zero-order valence-electron chi connectivity index (χ0n) is 12.4. The fourth-order valence-electron chi connectivity index (χ4n) is 2.13. The first-order valence-electron chi connectivity index (χ1n) is 6.73. The summed E-state index contributed by atoms with van der Waals surface area (Å²) in [5, 5.41) is 0. The first-order valence-corrected chi connectivity index (χ1v) is 8.17. The van der Waals surface area contributed by atoms with E-state index in [0.717, 1.165) is 23.0 Å². The van der Waals surface area contributed by atoms with Crippen molar-refractivity contribution in [3.63, 3.8) is 0 Å². The van der Waals surface area contributed by atoms with E-state index >= 15 is 0 Å². The highest BCUT2D eigenvalue weighted by Crippen LogP contribution is 2.28. The van der Waals surface area contributed by atoms with E-state index in [2.05, 4.69) is 11.9 Å². The molecule has 1 heterocycles. The van der Waals surface area contributed by atoms with Crippen molar-refractivity contribution in [2.75, 3.05) is 19.8 Å². The predicted molar refractivity (Wildman–Crippen MR) is 82.8 cm³/mol. The first-order chi connectivity index (χ1) is 9.89. The van der Waals surface area contributed by atoms with Gasteiger partial charge in [-0.3, -0.25) is 0 Å². The molecule has 0 spiro atoms. The lowest BCUT2D eigenvalue weighted by atomic mass is 10.2. The van der Waals surface area contributed by atoms with E-state index in [-0.39, 0.29) is 10.6 Å². The fourth-order valence-corrected chi connectivity index (χ4v) is 3.15. The van der Waals surface area contributed by atoms with Crippen molar-refractivity contribution >= 4 is 15.7 Å². The maximum absolute atomic E-state index is 12.3. The van der Waals surface area contributed by atoms with Crippen molar-refractivity contribution < 1.29 is 8.42 Å². The number of aryl methyl sites for hydroxylation is 1. The third kappa shape index (κ3) is 2.79. The van der Waals surface area contributed by atoms with Gasteiger partial charge in [-0.25, -0.2) is 17.7 Å². The molecule has 114 valence electrons. The summed E-state index contributed by atoms with van der Waals surface area (Å²) < 4.78 is 27.6. The molecule has 1 aromatic carbocycles. The molecule has 0 aliphatic heterocycles. The number of imidazole rings is 1. The van der Waals surface area contributed by atoms with E-state index in [1.165, 1.54) is 20.2 Å². The quantitative estimate of drug-likeness (QED) is 0.852. The van der Waals surface area contributed by atoms with Gasteiger partial charge in [-0.05, 0) is 18.6 Å². The number of hydrogen-bond donors (Lipinski definition) is 1. The van der Waals surface area contributed by atoms with Crippen LogP contribution in [-0.2, 0) is 16.4 Å². The average molecular weight is 308 g/mol. The van der Waals surface area contributed by atoms with Crippen LogP contribution >= 0.6 is 0 Å². The third-order valence-electron chi connectivity index (χ3n) is 3.25. The zero-order chi connectivity index (χ0) is 15.6. The molecular weight excluding hydrogens is 288 g/mol. The van der Waals surface area contributed by atoms with Crippen molar-refractivity contribution in [2.24, 2.45) is 0 Å². The number of nitrogens with two attached hydrogens (primary N) is 1. The normalized spacial score (nSPS) is 12.0. The van der Waals surface area contributed by atoms with Crippen LogP contribution in [0, 0.1) is 0 Å². The van der Waals surface area contributed by atoms with E-state index in [9.17, 15) is 8.42 Å². The van der Waals surface area contributed by atoms with Gasteiger partial charge >= 0.3 is 0 Å². The largest absolute Gasteiger partial charge is 0.396 e. The maximum atomic E-state index is 12.3. The number of benzene rings is 1. The second kappa shape index (κ2) is 5.87. The number of hydrogen-bond acceptors (Lipinski definition) is 4. The molecule has 2 N–H and O–H groups in total. The van der Waals surface area contributed by atoms with Gasteiger partial charge < -0.3 is 10.3 Å². The Balaban J connectivity index is 2.60. The van der Waals surface area contributed by atoms with Crippen LogP contribution in [0.5, 0.6) is 0 Å². The predicted octanol–water partition coefficient (Wildman–Crippen LogP) is 1.66. The molecular formula is C14H20N4O2S. The van der Waals surface area contributed by atoms with Crippen LogP contribution in [-0.4, -0.2) is 36.4 Å². The highest BCUT2D eigenvalue weighted by atomic mass is 32.2. The molecule has 2 rings (SSSR count). The molecule has 0 saturated heterocycles. The van der Waals surface area contributed by atoms with E-state index in [1.54, 1.807) is 24.5 Å². The summed E-state index contributed by atoms with van der Waals surface area (Å²) >= 11 is 0. The smallest absolute Gasteiger partial charge is 0.244 e. The Morgan fingerprint density at radius 1 is 1.33 bits per heavy atom. The highest BCUT2D eigenvalue weighted by molar-refractivity contribution is 7.89. The van der Waals surface area contributed by atoms with Crippen molar-refractivity contribution in [3.05, 3.63) is 36.4 Å². The molecule has 2 aromatic rings. The minimum absolute atomic E-state index is 0.112. The first kappa shape index (κ1) is 15.5. The van der Waals surface area contributed by atoms with Crippen molar-refractivity contribution in [1.82, 2.24) is 13.9 Å². The second-order valence-electron chi connectivity index (χ2n) is 4.94. The van der Waals surface area contributed by atoms with Crippen LogP contribution in [0.25, 0.3) is 5.69 Å². The van der Waals surface area contributed by atoms with Crippen LogP contribution in [0.3, 0.4) is 0 Å². The molecule has 7 heteroatoms. The topological polar surface area (TPSA) is 81.2 Å². The number of aromatic nitrogens is 2. The van der Waals surface area contributed by atoms with Gasteiger partial charge in [-0.15, -0.1) is 0 Å². The number of anilines is 1. The minimum atomic E-state index is -3.57.